The number of benzene rings is 1. The molecule has 3 unspecified atom stereocenters. The average molecular weight is 371 g/mol. The maximum absolute atomic E-state index is 12.2. The van der Waals surface area contributed by atoms with Crippen molar-refractivity contribution in [2.45, 2.75) is 31.8 Å². The topological polar surface area (TPSA) is 120 Å². The van der Waals surface area contributed by atoms with Gasteiger partial charge in [-0.25, -0.2) is 4.79 Å². The number of aliphatic hydroxyl groups is 4. The minimum absolute atomic E-state index is 0.0321. The zero-order chi connectivity index (χ0) is 18.6. The summed E-state index contributed by atoms with van der Waals surface area (Å²) in [6, 6.07) is 8.03. The molecule has 0 aliphatic heterocycles. The van der Waals surface area contributed by atoms with Gasteiger partial charge in [-0.2, -0.15) is 0 Å². The molecule has 3 atom stereocenters. The zero-order valence-corrected chi connectivity index (χ0v) is 14.2. The fourth-order valence-corrected chi connectivity index (χ4v) is 2.27. The Morgan fingerprint density at radius 2 is 1.88 bits per heavy atom. The second-order valence-electron chi connectivity index (χ2n) is 5.51. The molecule has 0 aliphatic carbocycles. The van der Waals surface area contributed by atoms with Crippen LogP contribution in [-0.4, -0.2) is 45.2 Å². The molecular weight excluding hydrogens is 352 g/mol. The van der Waals surface area contributed by atoms with Crippen LogP contribution in [0.15, 0.2) is 34.7 Å². The Balaban J connectivity index is 2.05. The molecule has 0 saturated heterocycles. The van der Waals surface area contributed by atoms with Crippen LogP contribution in [0.3, 0.4) is 0 Å². The molecular formula is C17H19ClO7. The van der Waals surface area contributed by atoms with Gasteiger partial charge < -0.3 is 29.6 Å². The Morgan fingerprint density at radius 1 is 1.24 bits per heavy atom. The largest absolute Gasteiger partial charge is 0.463 e. The van der Waals surface area contributed by atoms with Crippen molar-refractivity contribution in [3.05, 3.63) is 58.0 Å². The molecule has 0 fully saturated rings. The summed E-state index contributed by atoms with van der Waals surface area (Å²) in [5.41, 5.74) is 0.842. The van der Waals surface area contributed by atoms with Crippen LogP contribution in [0.4, 0.5) is 0 Å². The molecule has 2 aromatic rings. The number of halogens is 1. The second kappa shape index (κ2) is 8.46. The molecule has 7 nitrogen and oxygen atoms in total. The maximum atomic E-state index is 12.2. The zero-order valence-electron chi connectivity index (χ0n) is 13.4. The van der Waals surface area contributed by atoms with E-state index in [0.717, 1.165) is 5.56 Å². The molecule has 0 amide bonds. The maximum Gasteiger partial charge on any atom is 0.342 e. The van der Waals surface area contributed by atoms with E-state index in [-0.39, 0.29) is 23.7 Å². The fourth-order valence-electron chi connectivity index (χ4n) is 2.15. The predicted octanol–water partition coefficient (Wildman–Crippen LogP) is 1.35. The first-order valence-electron chi connectivity index (χ1n) is 7.50. The first-order valence-corrected chi connectivity index (χ1v) is 7.88. The summed E-state index contributed by atoms with van der Waals surface area (Å²) in [5, 5.41) is 38.4. The van der Waals surface area contributed by atoms with Crippen LogP contribution in [0.5, 0.6) is 0 Å². The van der Waals surface area contributed by atoms with Gasteiger partial charge in [0.1, 0.15) is 42.0 Å². The van der Waals surface area contributed by atoms with Gasteiger partial charge in [0.15, 0.2) is 0 Å². The lowest BCUT2D eigenvalue weighted by Gasteiger charge is -2.19. The molecule has 0 saturated carbocycles. The van der Waals surface area contributed by atoms with Crippen molar-refractivity contribution < 1.29 is 34.4 Å². The summed E-state index contributed by atoms with van der Waals surface area (Å²) in [6.07, 6.45) is -4.80. The number of esters is 1. The number of carbonyl (C=O) groups excluding carboxylic acids is 1. The monoisotopic (exact) mass is 370 g/mol. The standard InChI is InChI=1S/C17H19ClO7/c1-9-12(6-14(25-9)16(22)15(21)13(20)7-19)17(23)24-8-10-2-4-11(18)5-3-10/h2-6,13,15-16,19-22H,7-8H2,1H3. The van der Waals surface area contributed by atoms with E-state index < -0.39 is 30.9 Å². The van der Waals surface area contributed by atoms with Gasteiger partial charge in [-0.1, -0.05) is 23.7 Å². The van der Waals surface area contributed by atoms with E-state index in [1.54, 1.807) is 24.3 Å². The third-order valence-electron chi connectivity index (χ3n) is 3.64. The first-order chi connectivity index (χ1) is 11.8. The van der Waals surface area contributed by atoms with E-state index >= 15 is 0 Å². The smallest absolute Gasteiger partial charge is 0.342 e. The number of ether oxygens (including phenoxy) is 1. The van der Waals surface area contributed by atoms with Crippen molar-refractivity contribution in [2.75, 3.05) is 6.61 Å². The van der Waals surface area contributed by atoms with Gasteiger partial charge in [0.25, 0.3) is 0 Å². The molecule has 8 heteroatoms. The summed E-state index contributed by atoms with van der Waals surface area (Å²) in [5.74, 6) is -0.580. The summed E-state index contributed by atoms with van der Waals surface area (Å²) >= 11 is 5.78. The van der Waals surface area contributed by atoms with Gasteiger partial charge in [0.2, 0.25) is 0 Å². The van der Waals surface area contributed by atoms with Gasteiger partial charge >= 0.3 is 5.97 Å². The van der Waals surface area contributed by atoms with Crippen molar-refractivity contribution in [1.29, 1.82) is 0 Å². The van der Waals surface area contributed by atoms with E-state index in [1.165, 1.54) is 13.0 Å². The molecule has 0 aliphatic rings. The molecule has 4 N–H and O–H groups in total. The van der Waals surface area contributed by atoms with Crippen molar-refractivity contribution >= 4 is 17.6 Å². The summed E-state index contributed by atoms with van der Waals surface area (Å²) in [7, 11) is 0. The molecule has 0 bridgehead atoms. The molecule has 25 heavy (non-hydrogen) atoms. The number of aryl methyl sites for hydroxylation is 1. The van der Waals surface area contributed by atoms with Crippen LogP contribution in [0.1, 0.15) is 33.5 Å². The molecule has 2 rings (SSSR count). The van der Waals surface area contributed by atoms with Crippen LogP contribution < -0.4 is 0 Å². The van der Waals surface area contributed by atoms with E-state index in [2.05, 4.69) is 0 Å². The Labute approximate surface area is 149 Å². The van der Waals surface area contributed by atoms with Gasteiger partial charge in [0, 0.05) is 5.02 Å². The van der Waals surface area contributed by atoms with Crippen LogP contribution in [-0.2, 0) is 11.3 Å². The first kappa shape index (κ1) is 19.4. The SMILES string of the molecule is Cc1oc(C(O)C(O)C(O)CO)cc1C(=O)OCc1ccc(Cl)cc1. The van der Waals surface area contributed by atoms with E-state index in [9.17, 15) is 20.1 Å². The summed E-state index contributed by atoms with van der Waals surface area (Å²) < 4.78 is 10.4. The number of rotatable bonds is 7. The lowest BCUT2D eigenvalue weighted by atomic mass is 10.1. The Kier molecular flexibility index (Phi) is 6.57. The molecule has 1 aromatic heterocycles. The number of hydrogen-bond acceptors (Lipinski definition) is 7. The van der Waals surface area contributed by atoms with Crippen LogP contribution >= 0.6 is 11.6 Å². The fraction of sp³-hybridized carbons (Fsp3) is 0.353. The third kappa shape index (κ3) is 4.81. The molecule has 1 heterocycles. The van der Waals surface area contributed by atoms with E-state index in [4.69, 9.17) is 25.9 Å². The Bertz CT molecular complexity index is 710. The number of carbonyl (C=O) groups is 1. The molecule has 0 radical (unpaired) electrons. The Morgan fingerprint density at radius 3 is 2.48 bits per heavy atom. The number of aliphatic hydroxyl groups excluding tert-OH is 4. The van der Waals surface area contributed by atoms with Crippen molar-refractivity contribution in [2.24, 2.45) is 0 Å². The third-order valence-corrected chi connectivity index (χ3v) is 3.89. The van der Waals surface area contributed by atoms with Crippen molar-refractivity contribution in [3.63, 3.8) is 0 Å². The summed E-state index contributed by atoms with van der Waals surface area (Å²) in [4.78, 5) is 12.2. The van der Waals surface area contributed by atoms with Crippen LogP contribution in [0.25, 0.3) is 0 Å². The van der Waals surface area contributed by atoms with Crippen molar-refractivity contribution in [1.82, 2.24) is 0 Å². The van der Waals surface area contributed by atoms with Crippen molar-refractivity contribution in [3.8, 4) is 0 Å². The predicted molar refractivity (Wildman–Crippen MR) is 88.1 cm³/mol. The summed E-state index contributed by atoms with van der Waals surface area (Å²) in [6.45, 7) is 0.808. The highest BCUT2D eigenvalue weighted by Gasteiger charge is 2.29. The highest BCUT2D eigenvalue weighted by Crippen LogP contribution is 2.25. The lowest BCUT2D eigenvalue weighted by Crippen LogP contribution is -2.34. The van der Waals surface area contributed by atoms with Gasteiger partial charge in [-0.15, -0.1) is 0 Å². The van der Waals surface area contributed by atoms with Gasteiger partial charge in [-0.3, -0.25) is 0 Å². The molecule has 1 aromatic carbocycles. The van der Waals surface area contributed by atoms with E-state index in [1.807, 2.05) is 0 Å². The van der Waals surface area contributed by atoms with Gasteiger partial charge in [0.05, 0.1) is 6.61 Å². The molecule has 136 valence electrons. The minimum atomic E-state index is -1.66. The van der Waals surface area contributed by atoms with Gasteiger partial charge in [-0.05, 0) is 30.7 Å². The molecule has 0 spiro atoms. The number of furan rings is 1. The van der Waals surface area contributed by atoms with E-state index in [0.29, 0.717) is 5.02 Å². The average Bonchev–Trinajstić information content (AvgIpc) is 3.00. The van der Waals surface area contributed by atoms with Crippen LogP contribution in [0, 0.1) is 6.92 Å². The quantitative estimate of drug-likeness (QED) is 0.543. The van der Waals surface area contributed by atoms with Crippen LogP contribution in [0.2, 0.25) is 5.02 Å². The lowest BCUT2D eigenvalue weighted by molar-refractivity contribution is -0.0837. The normalized spacial score (nSPS) is 14.8. The number of hydrogen-bond donors (Lipinski definition) is 4. The highest BCUT2D eigenvalue weighted by molar-refractivity contribution is 6.30. The second-order valence-corrected chi connectivity index (χ2v) is 5.94. The highest BCUT2D eigenvalue weighted by atomic mass is 35.5. The Hall–Kier alpha value is -1.90. The minimum Gasteiger partial charge on any atom is -0.463 e.